The lowest BCUT2D eigenvalue weighted by molar-refractivity contribution is -0.120. The van der Waals surface area contributed by atoms with Gasteiger partial charge < -0.3 is 14.8 Å². The Labute approximate surface area is 298 Å². The monoisotopic (exact) mass is 700 g/mol. The van der Waals surface area contributed by atoms with Crippen molar-refractivity contribution in [1.82, 2.24) is 24.3 Å². The van der Waals surface area contributed by atoms with Crippen molar-refractivity contribution in [3.8, 4) is 39.6 Å². The molecule has 0 radical (unpaired) electrons. The first kappa shape index (κ1) is 38.2. The lowest BCUT2D eigenvalue weighted by Gasteiger charge is -2.46. The lowest BCUT2D eigenvalue weighted by atomic mass is 10.0. The molecule has 4 heterocycles. The van der Waals surface area contributed by atoms with Crippen LogP contribution in [0.4, 0.5) is 10.6 Å². The van der Waals surface area contributed by atoms with Gasteiger partial charge in [0.05, 0.1) is 18.5 Å². The molecular formula is C39H52N6O4S. The van der Waals surface area contributed by atoms with Crippen molar-refractivity contribution in [2.75, 3.05) is 19.5 Å². The fraction of sp³-hybridized carbons (Fsp3) is 0.462. The van der Waals surface area contributed by atoms with Crippen LogP contribution in [0.25, 0.3) is 28.2 Å². The van der Waals surface area contributed by atoms with Crippen LogP contribution in [0.2, 0.25) is 0 Å². The summed E-state index contributed by atoms with van der Waals surface area (Å²) in [7, 11) is 1.70. The van der Waals surface area contributed by atoms with Crippen molar-refractivity contribution in [1.29, 1.82) is 0 Å². The average Bonchev–Trinajstić information content (AvgIpc) is 3.41. The topological polar surface area (TPSA) is 111 Å². The maximum Gasteiger partial charge on any atom is 0.410 e. The number of carbonyl (C=O) groups excluding carboxylic acids is 2. The molecule has 50 heavy (non-hydrogen) atoms. The Hall–Kier alpha value is -4.56. The van der Waals surface area contributed by atoms with Crippen LogP contribution in [0.5, 0.6) is 5.88 Å². The molecule has 0 fully saturated rings. The molecule has 10 nitrogen and oxygen atoms in total. The van der Waals surface area contributed by atoms with Gasteiger partial charge in [0.1, 0.15) is 28.8 Å². The summed E-state index contributed by atoms with van der Waals surface area (Å²) >= 11 is 0. The number of nitrogens with zero attached hydrogens (tertiary/aromatic N) is 5. The van der Waals surface area contributed by atoms with E-state index < -0.39 is 33.7 Å². The third-order valence-electron chi connectivity index (χ3n) is 8.73. The van der Waals surface area contributed by atoms with Crippen LogP contribution < -0.4 is 10.1 Å². The van der Waals surface area contributed by atoms with Crippen LogP contribution in [0.1, 0.15) is 80.5 Å². The van der Waals surface area contributed by atoms with E-state index in [4.69, 9.17) is 19.4 Å². The predicted octanol–water partition coefficient (Wildman–Crippen LogP) is 8.31. The average molecular weight is 701 g/mol. The molecule has 0 aliphatic rings. The van der Waals surface area contributed by atoms with Gasteiger partial charge in [0.15, 0.2) is 0 Å². The van der Waals surface area contributed by atoms with Crippen LogP contribution in [0.3, 0.4) is 0 Å². The number of anilines is 1. The maximum absolute atomic E-state index is 13.5. The van der Waals surface area contributed by atoms with Gasteiger partial charge in [-0.05, 0) is 97.4 Å². The Kier molecular flexibility index (Phi) is 11.6. The van der Waals surface area contributed by atoms with E-state index in [1.165, 1.54) is 4.90 Å². The number of nitrogens with one attached hydrogen (secondary N) is 1. The minimum atomic E-state index is -1.43. The van der Waals surface area contributed by atoms with Crippen molar-refractivity contribution in [2.45, 2.75) is 104 Å². The molecule has 2 amide bonds. The molecule has 0 saturated carbocycles. The smallest absolute Gasteiger partial charge is 0.410 e. The standard InChI is InChI=1S/C39H52N6O4S/c1-24(2)50(25(3)4,26(5)6)21-19-31-30(15-16-32(41-31)42-37(46)28(8)44(12)38(47)49-39(9,10)11)36-35(29-14-17-34(48-13)40-23-29)43-33-22-27(7)18-20-45(33)36/h14-18,20,22-26,28H,1-13H3,(H,41,42,46). The van der Waals surface area contributed by atoms with Crippen LogP contribution in [0.15, 0.2) is 48.8 Å². The Balaban J connectivity index is 1.92. The third-order valence-corrected chi connectivity index (χ3v) is 13.9. The summed E-state index contributed by atoms with van der Waals surface area (Å²) in [5.74, 6) is 3.96. The fourth-order valence-corrected chi connectivity index (χ4v) is 10.3. The Morgan fingerprint density at radius 1 is 0.960 bits per heavy atom. The van der Waals surface area contributed by atoms with Crippen molar-refractivity contribution in [2.24, 2.45) is 0 Å². The lowest BCUT2D eigenvalue weighted by Crippen LogP contribution is -2.45. The van der Waals surface area contributed by atoms with Gasteiger partial charge in [0.2, 0.25) is 11.8 Å². The number of hydrogen-bond donors (Lipinski definition) is 1. The SMILES string of the molecule is COc1ccc(-c2nc3cc(C)ccn3c2-c2ccc(NC(=O)C(C)N(C)C(=O)OC(C)(C)C)nc2C#CS(C(C)C)(C(C)C)C(C)C)cn1. The predicted molar refractivity (Wildman–Crippen MR) is 205 cm³/mol. The van der Waals surface area contributed by atoms with Crippen molar-refractivity contribution in [3.63, 3.8) is 0 Å². The van der Waals surface area contributed by atoms with Gasteiger partial charge in [0, 0.05) is 36.6 Å². The Morgan fingerprint density at radius 3 is 2.18 bits per heavy atom. The molecule has 0 saturated heterocycles. The summed E-state index contributed by atoms with van der Waals surface area (Å²) in [6.45, 7) is 22.5. The molecule has 1 N–H and O–H groups in total. The molecule has 11 heteroatoms. The number of imidazole rings is 1. The van der Waals surface area contributed by atoms with Crippen molar-refractivity contribution in [3.05, 3.63) is 60.0 Å². The molecular weight excluding hydrogens is 649 g/mol. The number of aromatic nitrogens is 4. The molecule has 0 aliphatic carbocycles. The van der Waals surface area contributed by atoms with Crippen molar-refractivity contribution >= 4 is 33.5 Å². The quantitative estimate of drug-likeness (QED) is 0.175. The number of rotatable bonds is 9. The Bertz CT molecular complexity index is 1890. The number of hydrogen-bond acceptors (Lipinski definition) is 7. The van der Waals surface area contributed by atoms with Gasteiger partial charge >= 0.3 is 6.09 Å². The Morgan fingerprint density at radius 2 is 1.62 bits per heavy atom. The van der Waals surface area contributed by atoms with E-state index in [1.54, 1.807) is 54.1 Å². The molecule has 4 aromatic rings. The van der Waals surface area contributed by atoms with Gasteiger partial charge in [0.25, 0.3) is 0 Å². The second-order valence-electron chi connectivity index (χ2n) is 14.3. The zero-order valence-electron chi connectivity index (χ0n) is 31.7. The van der Waals surface area contributed by atoms with Gasteiger partial charge in [-0.15, -0.1) is 0 Å². The number of carbonyl (C=O) groups is 2. The third kappa shape index (κ3) is 8.07. The molecule has 0 aliphatic heterocycles. The summed E-state index contributed by atoms with van der Waals surface area (Å²) in [5, 5.41) is 7.74. The van der Waals surface area contributed by atoms with Gasteiger partial charge in [-0.25, -0.2) is 19.7 Å². The zero-order chi connectivity index (χ0) is 37.1. The summed E-state index contributed by atoms with van der Waals surface area (Å²) in [6, 6.07) is 10.7. The molecule has 268 valence electrons. The van der Waals surface area contributed by atoms with E-state index in [-0.39, 0.29) is 0 Å². The van der Waals surface area contributed by atoms with Crippen LogP contribution in [-0.2, 0) is 9.53 Å². The zero-order valence-corrected chi connectivity index (χ0v) is 32.5. The number of pyridine rings is 3. The molecule has 1 atom stereocenters. The van der Waals surface area contributed by atoms with Gasteiger partial charge in [-0.2, -0.15) is 10.0 Å². The minimum Gasteiger partial charge on any atom is -0.481 e. The van der Waals surface area contributed by atoms with Crippen LogP contribution in [0, 0.1) is 18.1 Å². The summed E-state index contributed by atoms with van der Waals surface area (Å²) in [6.07, 6.45) is 3.16. The van der Waals surface area contributed by atoms with Crippen LogP contribution >= 0.6 is 10.0 Å². The van der Waals surface area contributed by atoms with Crippen LogP contribution in [-0.4, -0.2) is 77.8 Å². The first-order valence-electron chi connectivity index (χ1n) is 17.0. The first-order chi connectivity index (χ1) is 23.4. The highest BCUT2D eigenvalue weighted by Crippen LogP contribution is 2.59. The second-order valence-corrected chi connectivity index (χ2v) is 18.9. The van der Waals surface area contributed by atoms with E-state index in [9.17, 15) is 9.59 Å². The first-order valence-corrected chi connectivity index (χ1v) is 18.8. The molecule has 0 bridgehead atoms. The van der Waals surface area contributed by atoms with E-state index in [1.807, 2.05) is 47.9 Å². The molecule has 4 rings (SSSR count). The number of methoxy groups -OCH3 is 1. The highest BCUT2D eigenvalue weighted by molar-refractivity contribution is 8.38. The number of amides is 2. The fourth-order valence-electron chi connectivity index (χ4n) is 6.08. The molecule has 0 aromatic carbocycles. The van der Waals surface area contributed by atoms with Crippen molar-refractivity contribution < 1.29 is 19.1 Å². The number of likely N-dealkylation sites (N-methyl/N-ethyl adjacent to an activating group) is 1. The van der Waals surface area contributed by atoms with Gasteiger partial charge in [-0.1, -0.05) is 41.5 Å². The number of aryl methyl sites for hydroxylation is 1. The van der Waals surface area contributed by atoms with E-state index in [0.717, 1.165) is 33.7 Å². The second kappa shape index (κ2) is 15.1. The number of ether oxygens (including phenoxy) is 2. The maximum atomic E-state index is 13.5. The summed E-state index contributed by atoms with van der Waals surface area (Å²) in [4.78, 5) is 42.0. The molecule has 4 aromatic heterocycles. The minimum absolute atomic E-state index is 0.323. The van der Waals surface area contributed by atoms with E-state index in [0.29, 0.717) is 33.1 Å². The summed E-state index contributed by atoms with van der Waals surface area (Å²) in [5.41, 5.74) is 4.77. The highest BCUT2D eigenvalue weighted by atomic mass is 32.3. The molecule has 0 spiro atoms. The number of fused-ring (bicyclic) bond motifs is 1. The largest absolute Gasteiger partial charge is 0.481 e. The normalized spacial score (nSPS) is 12.9. The molecule has 1 unspecified atom stereocenters. The van der Waals surface area contributed by atoms with E-state index in [2.05, 4.69) is 63.0 Å². The van der Waals surface area contributed by atoms with Gasteiger partial charge in [-0.3, -0.25) is 14.1 Å². The van der Waals surface area contributed by atoms with E-state index >= 15 is 0 Å². The highest BCUT2D eigenvalue weighted by Gasteiger charge is 2.33. The summed E-state index contributed by atoms with van der Waals surface area (Å²) < 4.78 is 12.8.